The maximum atomic E-state index is 11.1. The van der Waals surface area contributed by atoms with Crippen molar-refractivity contribution >= 4 is 15.8 Å². The van der Waals surface area contributed by atoms with Gasteiger partial charge in [0.25, 0.3) is 0 Å². The van der Waals surface area contributed by atoms with Gasteiger partial charge in [-0.3, -0.25) is 9.89 Å². The van der Waals surface area contributed by atoms with Crippen molar-refractivity contribution in [2.45, 2.75) is 13.5 Å². The Labute approximate surface area is 163 Å². The van der Waals surface area contributed by atoms with Gasteiger partial charge in [0.2, 0.25) is 0 Å². The molecule has 1 aromatic rings. The second-order valence-corrected chi connectivity index (χ2v) is 9.23. The molecule has 0 aliphatic carbocycles. The third-order valence-corrected chi connectivity index (χ3v) is 5.41. The summed E-state index contributed by atoms with van der Waals surface area (Å²) in [6.07, 6.45) is 1.22. The van der Waals surface area contributed by atoms with Crippen LogP contribution in [0.15, 0.2) is 29.3 Å². The van der Waals surface area contributed by atoms with E-state index in [0.717, 1.165) is 38.7 Å². The van der Waals surface area contributed by atoms with E-state index in [1.54, 1.807) is 7.05 Å². The van der Waals surface area contributed by atoms with E-state index in [-0.39, 0.29) is 12.4 Å². The lowest BCUT2D eigenvalue weighted by Crippen LogP contribution is -2.52. The summed E-state index contributed by atoms with van der Waals surface area (Å²) in [5.74, 6) is 0.932. The van der Waals surface area contributed by atoms with Gasteiger partial charge in [-0.05, 0) is 12.5 Å². The zero-order valence-corrected chi connectivity index (χ0v) is 17.5. The largest absolute Gasteiger partial charge is 0.379 e. The molecule has 27 heavy (non-hydrogen) atoms. The van der Waals surface area contributed by atoms with Crippen molar-refractivity contribution in [3.63, 3.8) is 0 Å². The molecule has 0 spiro atoms. The fourth-order valence-corrected chi connectivity index (χ4v) is 3.49. The lowest BCUT2D eigenvalue weighted by Gasteiger charge is -2.36. The van der Waals surface area contributed by atoms with Crippen LogP contribution < -0.4 is 5.32 Å². The first-order valence-corrected chi connectivity index (χ1v) is 11.4. The van der Waals surface area contributed by atoms with Gasteiger partial charge in [0.1, 0.15) is 9.84 Å². The minimum Gasteiger partial charge on any atom is -0.379 e. The predicted molar refractivity (Wildman–Crippen MR) is 110 cm³/mol. The Morgan fingerprint density at radius 1 is 1.22 bits per heavy atom. The van der Waals surface area contributed by atoms with Crippen LogP contribution >= 0.6 is 0 Å². The van der Waals surface area contributed by atoms with Crippen molar-refractivity contribution in [3.05, 3.63) is 35.4 Å². The standard InChI is InChI=1S/C19H32N4O3S/c1-17-5-4-6-18(15-17)16-22-8-10-23(11-9-22)19(20-2)21-7-12-26-13-14-27(3,24)25/h4-6,15H,7-14,16H2,1-3H3,(H,20,21). The number of sulfone groups is 1. The third kappa shape index (κ3) is 8.28. The van der Waals surface area contributed by atoms with Crippen LogP contribution in [0.2, 0.25) is 0 Å². The first-order chi connectivity index (χ1) is 12.9. The highest BCUT2D eigenvalue weighted by Crippen LogP contribution is 2.10. The van der Waals surface area contributed by atoms with Gasteiger partial charge >= 0.3 is 0 Å². The minimum absolute atomic E-state index is 0.0601. The predicted octanol–water partition coefficient (Wildman–Crippen LogP) is 0.749. The third-order valence-electron chi connectivity index (χ3n) is 4.50. The first-order valence-electron chi connectivity index (χ1n) is 9.36. The number of aliphatic imine (C=N–C) groups is 1. The van der Waals surface area contributed by atoms with Crippen LogP contribution in [0.3, 0.4) is 0 Å². The summed E-state index contributed by atoms with van der Waals surface area (Å²) in [7, 11) is -1.18. The van der Waals surface area contributed by atoms with E-state index in [4.69, 9.17) is 4.74 Å². The average Bonchev–Trinajstić information content (AvgIpc) is 2.61. The van der Waals surface area contributed by atoms with Crippen molar-refractivity contribution in [2.24, 2.45) is 4.99 Å². The summed E-state index contributed by atoms with van der Waals surface area (Å²) in [4.78, 5) is 9.07. The van der Waals surface area contributed by atoms with Crippen LogP contribution in [0.1, 0.15) is 11.1 Å². The summed E-state index contributed by atoms with van der Waals surface area (Å²) in [6, 6.07) is 8.67. The van der Waals surface area contributed by atoms with Gasteiger partial charge in [0.15, 0.2) is 5.96 Å². The Balaban J connectivity index is 1.67. The molecule has 1 saturated heterocycles. The molecule has 0 amide bonds. The second-order valence-electron chi connectivity index (χ2n) is 6.97. The quantitative estimate of drug-likeness (QED) is 0.397. The van der Waals surface area contributed by atoms with Gasteiger partial charge in [-0.2, -0.15) is 0 Å². The monoisotopic (exact) mass is 396 g/mol. The van der Waals surface area contributed by atoms with Crippen LogP contribution in [-0.2, 0) is 21.1 Å². The Morgan fingerprint density at radius 3 is 2.59 bits per heavy atom. The maximum Gasteiger partial charge on any atom is 0.193 e. The van der Waals surface area contributed by atoms with E-state index < -0.39 is 9.84 Å². The molecule has 8 heteroatoms. The van der Waals surface area contributed by atoms with Crippen LogP contribution in [0.4, 0.5) is 0 Å². The highest BCUT2D eigenvalue weighted by Gasteiger charge is 2.19. The molecule has 1 N–H and O–H groups in total. The number of hydrogen-bond donors (Lipinski definition) is 1. The van der Waals surface area contributed by atoms with E-state index >= 15 is 0 Å². The molecule has 0 aromatic heterocycles. The van der Waals surface area contributed by atoms with Crippen molar-refractivity contribution in [1.82, 2.24) is 15.1 Å². The zero-order valence-electron chi connectivity index (χ0n) is 16.6. The van der Waals surface area contributed by atoms with Crippen LogP contribution in [-0.4, -0.2) is 89.2 Å². The number of hydrogen-bond acceptors (Lipinski definition) is 5. The zero-order chi connectivity index (χ0) is 19.7. The molecule has 1 aliphatic rings. The number of rotatable bonds is 8. The summed E-state index contributed by atoms with van der Waals surface area (Å²) in [5.41, 5.74) is 2.66. The van der Waals surface area contributed by atoms with Gasteiger partial charge in [-0.1, -0.05) is 29.8 Å². The molecule has 0 bridgehead atoms. The van der Waals surface area contributed by atoms with Gasteiger partial charge in [0, 0.05) is 52.6 Å². The molecule has 2 rings (SSSR count). The number of ether oxygens (including phenoxy) is 1. The molecule has 1 aromatic carbocycles. The summed E-state index contributed by atoms with van der Waals surface area (Å²) in [6.45, 7) is 8.27. The highest BCUT2D eigenvalue weighted by molar-refractivity contribution is 7.90. The molecule has 152 valence electrons. The highest BCUT2D eigenvalue weighted by atomic mass is 32.2. The normalized spacial score (nSPS) is 16.6. The second kappa shape index (κ2) is 10.6. The van der Waals surface area contributed by atoms with Crippen molar-refractivity contribution in [2.75, 3.05) is 65.0 Å². The molecule has 0 saturated carbocycles. The topological polar surface area (TPSA) is 74.2 Å². The molecule has 1 heterocycles. The SMILES string of the molecule is CN=C(NCCOCCS(C)(=O)=O)N1CCN(Cc2cccc(C)c2)CC1. The molecular weight excluding hydrogens is 364 g/mol. The van der Waals surface area contributed by atoms with Crippen LogP contribution in [0.5, 0.6) is 0 Å². The molecule has 0 unspecified atom stereocenters. The number of nitrogens with one attached hydrogen (secondary N) is 1. The fraction of sp³-hybridized carbons (Fsp3) is 0.632. The Kier molecular flexibility index (Phi) is 8.53. The number of piperazine rings is 1. The van der Waals surface area contributed by atoms with Gasteiger partial charge < -0.3 is 15.0 Å². The first kappa shape index (κ1) is 21.7. The van der Waals surface area contributed by atoms with Crippen molar-refractivity contribution < 1.29 is 13.2 Å². The van der Waals surface area contributed by atoms with Crippen molar-refractivity contribution in [3.8, 4) is 0 Å². The number of guanidine groups is 1. The van der Waals surface area contributed by atoms with E-state index in [9.17, 15) is 8.42 Å². The number of nitrogens with zero attached hydrogens (tertiary/aromatic N) is 3. The van der Waals surface area contributed by atoms with Crippen LogP contribution in [0.25, 0.3) is 0 Å². The summed E-state index contributed by atoms with van der Waals surface area (Å²) >= 11 is 0. The molecule has 7 nitrogen and oxygen atoms in total. The summed E-state index contributed by atoms with van der Waals surface area (Å²) in [5, 5.41) is 3.29. The molecular formula is C19H32N4O3S. The van der Waals surface area contributed by atoms with Gasteiger partial charge in [-0.25, -0.2) is 8.42 Å². The lowest BCUT2D eigenvalue weighted by atomic mass is 10.1. The Bertz CT molecular complexity index is 713. The fourth-order valence-electron chi connectivity index (χ4n) is 3.07. The van der Waals surface area contributed by atoms with Crippen molar-refractivity contribution in [1.29, 1.82) is 0 Å². The van der Waals surface area contributed by atoms with E-state index in [2.05, 4.69) is 51.3 Å². The average molecular weight is 397 g/mol. The van der Waals surface area contributed by atoms with Gasteiger partial charge in [0.05, 0.1) is 19.0 Å². The molecule has 0 atom stereocenters. The Hall–Kier alpha value is -1.64. The lowest BCUT2D eigenvalue weighted by molar-refractivity contribution is 0.150. The van der Waals surface area contributed by atoms with Crippen LogP contribution in [0, 0.1) is 6.92 Å². The number of benzene rings is 1. The minimum atomic E-state index is -2.96. The molecule has 1 fully saturated rings. The smallest absolute Gasteiger partial charge is 0.193 e. The van der Waals surface area contributed by atoms with Gasteiger partial charge in [-0.15, -0.1) is 0 Å². The molecule has 1 aliphatic heterocycles. The number of aryl methyl sites for hydroxylation is 1. The summed E-state index contributed by atoms with van der Waals surface area (Å²) < 4.78 is 27.5. The Morgan fingerprint density at radius 2 is 1.96 bits per heavy atom. The maximum absolute atomic E-state index is 11.1. The van der Waals surface area contributed by atoms with E-state index in [1.165, 1.54) is 17.4 Å². The van der Waals surface area contributed by atoms with E-state index in [0.29, 0.717) is 13.2 Å². The van der Waals surface area contributed by atoms with E-state index in [1.807, 2.05) is 0 Å². The molecule has 0 radical (unpaired) electrons.